The van der Waals surface area contributed by atoms with Crippen molar-refractivity contribution < 1.29 is 4.74 Å². The largest absolute Gasteiger partial charge is 0.382 e. The molecule has 0 bridgehead atoms. The molecule has 0 fully saturated rings. The summed E-state index contributed by atoms with van der Waals surface area (Å²) in [4.78, 5) is 0. The Hall–Kier alpha value is -0.380. The molecule has 3 heteroatoms. The first kappa shape index (κ1) is 13.7. The second kappa shape index (κ2) is 8.74. The number of nitrogens with one attached hydrogen (secondary N) is 1. The van der Waals surface area contributed by atoms with E-state index in [9.17, 15) is 0 Å². The Kier molecular flexibility index (Phi) is 7.47. The molecule has 1 unspecified atom stereocenters. The van der Waals surface area contributed by atoms with Gasteiger partial charge < -0.3 is 10.1 Å². The van der Waals surface area contributed by atoms with Crippen LogP contribution in [0.2, 0.25) is 0 Å². The first-order valence-electron chi connectivity index (χ1n) is 6.19. The molecule has 0 aromatic carbocycles. The third-order valence-electron chi connectivity index (χ3n) is 2.60. The number of hydrogen-bond donors (Lipinski definition) is 1. The van der Waals surface area contributed by atoms with Crippen LogP contribution in [0.25, 0.3) is 0 Å². The quantitative estimate of drug-likeness (QED) is 0.671. The van der Waals surface area contributed by atoms with Crippen molar-refractivity contribution in [1.82, 2.24) is 5.32 Å². The summed E-state index contributed by atoms with van der Waals surface area (Å²) in [5.74, 6) is 0. The van der Waals surface area contributed by atoms with E-state index in [1.165, 1.54) is 12.0 Å². The lowest BCUT2D eigenvalue weighted by molar-refractivity contribution is 0.141. The molecule has 0 amide bonds. The summed E-state index contributed by atoms with van der Waals surface area (Å²) in [7, 11) is 0. The van der Waals surface area contributed by atoms with Gasteiger partial charge in [-0.1, -0.05) is 6.92 Å². The van der Waals surface area contributed by atoms with Gasteiger partial charge in [0.05, 0.1) is 0 Å². The van der Waals surface area contributed by atoms with Crippen molar-refractivity contribution in [2.75, 3.05) is 19.8 Å². The summed E-state index contributed by atoms with van der Waals surface area (Å²) in [5.41, 5.74) is 1.45. The van der Waals surface area contributed by atoms with E-state index in [0.29, 0.717) is 6.04 Å². The molecule has 1 aromatic heterocycles. The molecule has 0 radical (unpaired) electrons. The van der Waals surface area contributed by atoms with E-state index in [4.69, 9.17) is 4.74 Å². The van der Waals surface area contributed by atoms with Gasteiger partial charge in [0.2, 0.25) is 0 Å². The van der Waals surface area contributed by atoms with Crippen molar-refractivity contribution in [1.29, 1.82) is 0 Å². The van der Waals surface area contributed by atoms with E-state index < -0.39 is 0 Å². The lowest BCUT2D eigenvalue weighted by Crippen LogP contribution is -2.31. The SMILES string of the molecule is CCNC(CCCOCC)Cc1ccsc1. The number of rotatable bonds is 9. The smallest absolute Gasteiger partial charge is 0.0466 e. The summed E-state index contributed by atoms with van der Waals surface area (Å²) < 4.78 is 5.37. The van der Waals surface area contributed by atoms with E-state index in [1.54, 1.807) is 11.3 Å². The average molecular weight is 241 g/mol. The van der Waals surface area contributed by atoms with Gasteiger partial charge in [0.1, 0.15) is 0 Å². The first-order chi connectivity index (χ1) is 7.86. The van der Waals surface area contributed by atoms with Gasteiger partial charge in [0.15, 0.2) is 0 Å². The molecule has 0 aliphatic heterocycles. The highest BCUT2D eigenvalue weighted by Gasteiger charge is 2.08. The Morgan fingerprint density at radius 2 is 2.31 bits per heavy atom. The molecule has 92 valence electrons. The third kappa shape index (κ3) is 5.64. The van der Waals surface area contributed by atoms with Gasteiger partial charge >= 0.3 is 0 Å². The minimum Gasteiger partial charge on any atom is -0.382 e. The van der Waals surface area contributed by atoms with Crippen molar-refractivity contribution in [3.8, 4) is 0 Å². The van der Waals surface area contributed by atoms with Gasteiger partial charge in [-0.05, 0) is 55.1 Å². The van der Waals surface area contributed by atoms with Crippen LogP contribution in [0.5, 0.6) is 0 Å². The van der Waals surface area contributed by atoms with Crippen molar-refractivity contribution in [2.24, 2.45) is 0 Å². The molecule has 2 nitrogen and oxygen atoms in total. The van der Waals surface area contributed by atoms with E-state index in [-0.39, 0.29) is 0 Å². The standard InChI is InChI=1S/C13H23NOS/c1-3-14-13(6-5-8-15-4-2)10-12-7-9-16-11-12/h7,9,11,13-14H,3-6,8,10H2,1-2H3. The highest BCUT2D eigenvalue weighted by Crippen LogP contribution is 2.11. The number of thiophene rings is 1. The predicted molar refractivity (Wildman–Crippen MR) is 71.2 cm³/mol. The maximum atomic E-state index is 5.37. The second-order valence-electron chi connectivity index (χ2n) is 3.93. The van der Waals surface area contributed by atoms with Gasteiger partial charge in [-0.3, -0.25) is 0 Å². The molecule has 1 aromatic rings. The normalized spacial score (nSPS) is 12.9. The molecule has 0 aliphatic carbocycles. The Morgan fingerprint density at radius 1 is 1.44 bits per heavy atom. The topological polar surface area (TPSA) is 21.3 Å². The zero-order valence-corrected chi connectivity index (χ0v) is 11.2. The Morgan fingerprint density at radius 3 is 2.94 bits per heavy atom. The minimum absolute atomic E-state index is 0.597. The van der Waals surface area contributed by atoms with Crippen LogP contribution in [0, 0.1) is 0 Å². The Labute approximate surface area is 103 Å². The van der Waals surface area contributed by atoms with Gasteiger partial charge in [0.25, 0.3) is 0 Å². The lowest BCUT2D eigenvalue weighted by atomic mass is 10.0. The molecular weight excluding hydrogens is 218 g/mol. The summed E-state index contributed by atoms with van der Waals surface area (Å²) >= 11 is 1.78. The monoisotopic (exact) mass is 241 g/mol. The van der Waals surface area contributed by atoms with Crippen molar-refractivity contribution in [2.45, 2.75) is 39.2 Å². The van der Waals surface area contributed by atoms with E-state index in [1.807, 2.05) is 6.92 Å². The summed E-state index contributed by atoms with van der Waals surface area (Å²) in [6.45, 7) is 6.98. The van der Waals surface area contributed by atoms with E-state index in [0.717, 1.165) is 32.6 Å². The molecule has 1 N–H and O–H groups in total. The van der Waals surface area contributed by atoms with Gasteiger partial charge in [-0.15, -0.1) is 0 Å². The number of hydrogen-bond acceptors (Lipinski definition) is 3. The van der Waals surface area contributed by atoms with Gasteiger partial charge in [-0.2, -0.15) is 11.3 Å². The van der Waals surface area contributed by atoms with Crippen LogP contribution in [0.15, 0.2) is 16.8 Å². The van der Waals surface area contributed by atoms with Crippen molar-refractivity contribution in [3.63, 3.8) is 0 Å². The fraction of sp³-hybridized carbons (Fsp3) is 0.692. The van der Waals surface area contributed by atoms with Crippen LogP contribution < -0.4 is 5.32 Å². The lowest BCUT2D eigenvalue weighted by Gasteiger charge is -2.17. The zero-order chi connectivity index (χ0) is 11.6. The van der Waals surface area contributed by atoms with Crippen LogP contribution in [0.3, 0.4) is 0 Å². The van der Waals surface area contributed by atoms with Crippen LogP contribution in [0.1, 0.15) is 32.3 Å². The minimum atomic E-state index is 0.597. The Bertz CT molecular complexity index is 248. The summed E-state index contributed by atoms with van der Waals surface area (Å²) in [6.07, 6.45) is 3.49. The summed E-state index contributed by atoms with van der Waals surface area (Å²) in [6, 6.07) is 2.82. The molecule has 0 saturated heterocycles. The third-order valence-corrected chi connectivity index (χ3v) is 3.33. The molecule has 0 aliphatic rings. The first-order valence-corrected chi connectivity index (χ1v) is 7.13. The maximum Gasteiger partial charge on any atom is 0.0466 e. The predicted octanol–water partition coefficient (Wildman–Crippen LogP) is 3.09. The van der Waals surface area contributed by atoms with Crippen LogP contribution in [0.4, 0.5) is 0 Å². The van der Waals surface area contributed by atoms with Crippen LogP contribution in [-0.4, -0.2) is 25.8 Å². The number of likely N-dealkylation sites (N-methyl/N-ethyl adjacent to an activating group) is 1. The van der Waals surface area contributed by atoms with Crippen LogP contribution >= 0.6 is 11.3 Å². The van der Waals surface area contributed by atoms with Crippen LogP contribution in [-0.2, 0) is 11.2 Å². The fourth-order valence-corrected chi connectivity index (χ4v) is 2.52. The second-order valence-corrected chi connectivity index (χ2v) is 4.71. The molecule has 1 atom stereocenters. The molecule has 1 heterocycles. The number of ether oxygens (including phenoxy) is 1. The highest BCUT2D eigenvalue weighted by atomic mass is 32.1. The van der Waals surface area contributed by atoms with Gasteiger partial charge in [-0.25, -0.2) is 0 Å². The average Bonchev–Trinajstić information content (AvgIpc) is 2.77. The van der Waals surface area contributed by atoms with E-state index in [2.05, 4.69) is 29.1 Å². The maximum absolute atomic E-state index is 5.37. The van der Waals surface area contributed by atoms with E-state index >= 15 is 0 Å². The summed E-state index contributed by atoms with van der Waals surface area (Å²) in [5, 5.41) is 7.94. The molecule has 0 saturated carbocycles. The molecular formula is C13H23NOS. The molecule has 16 heavy (non-hydrogen) atoms. The Balaban J connectivity index is 2.24. The zero-order valence-electron chi connectivity index (χ0n) is 10.4. The van der Waals surface area contributed by atoms with Crippen molar-refractivity contribution in [3.05, 3.63) is 22.4 Å². The highest BCUT2D eigenvalue weighted by molar-refractivity contribution is 7.07. The molecule has 0 spiro atoms. The van der Waals surface area contributed by atoms with Gasteiger partial charge in [0, 0.05) is 19.3 Å². The van der Waals surface area contributed by atoms with Crippen molar-refractivity contribution >= 4 is 11.3 Å². The molecule has 1 rings (SSSR count). The fourth-order valence-electron chi connectivity index (χ4n) is 1.83.